The number of carbonyl (C=O) groups is 1. The number of hydrogen-bond acceptors (Lipinski definition) is 5. The number of anilines is 2. The summed E-state index contributed by atoms with van der Waals surface area (Å²) in [6.07, 6.45) is 2.72. The Balaban J connectivity index is 3.01. The van der Waals surface area contributed by atoms with Gasteiger partial charge in [0.05, 0.1) is 24.2 Å². The number of nitrogens with two attached hydrogens (primary N) is 2. The van der Waals surface area contributed by atoms with Crippen LogP contribution < -0.4 is 11.5 Å². The van der Waals surface area contributed by atoms with E-state index in [1.165, 1.54) is 12.4 Å². The zero-order valence-corrected chi connectivity index (χ0v) is 7.28. The topological polar surface area (TPSA) is 91.2 Å². The number of esters is 1. The maximum Gasteiger partial charge on any atom is 0.341 e. The van der Waals surface area contributed by atoms with Gasteiger partial charge in [-0.3, -0.25) is 4.98 Å². The molecule has 70 valence electrons. The van der Waals surface area contributed by atoms with Crippen molar-refractivity contribution in [2.24, 2.45) is 0 Å². The van der Waals surface area contributed by atoms with Crippen molar-refractivity contribution in [1.82, 2.24) is 4.98 Å². The van der Waals surface area contributed by atoms with E-state index in [-0.39, 0.29) is 16.9 Å². The summed E-state index contributed by atoms with van der Waals surface area (Å²) in [6.45, 7) is 2.01. The minimum Gasteiger partial charge on any atom is -0.462 e. The fourth-order valence-corrected chi connectivity index (χ4v) is 0.858. The summed E-state index contributed by atoms with van der Waals surface area (Å²) in [5.74, 6) is -0.500. The van der Waals surface area contributed by atoms with Gasteiger partial charge in [0.2, 0.25) is 0 Å². The SMILES string of the molecule is CCOC(=O)c1cncc(N)c1N. The van der Waals surface area contributed by atoms with Gasteiger partial charge in [-0.05, 0) is 6.92 Å². The minimum absolute atomic E-state index is 0.210. The van der Waals surface area contributed by atoms with E-state index in [1.54, 1.807) is 6.92 Å². The molecule has 0 aliphatic heterocycles. The molecule has 4 N–H and O–H groups in total. The van der Waals surface area contributed by atoms with E-state index in [1.807, 2.05) is 0 Å². The van der Waals surface area contributed by atoms with E-state index in [9.17, 15) is 4.79 Å². The quantitative estimate of drug-likeness (QED) is 0.645. The van der Waals surface area contributed by atoms with Crippen LogP contribution in [-0.2, 0) is 4.74 Å². The Morgan fingerprint density at radius 2 is 2.23 bits per heavy atom. The molecule has 0 aromatic carbocycles. The van der Waals surface area contributed by atoms with Crippen LogP contribution in [0, 0.1) is 0 Å². The molecular weight excluding hydrogens is 170 g/mol. The molecule has 1 heterocycles. The van der Waals surface area contributed by atoms with Gasteiger partial charge in [-0.15, -0.1) is 0 Å². The third kappa shape index (κ3) is 1.87. The number of rotatable bonds is 2. The van der Waals surface area contributed by atoms with Gasteiger partial charge < -0.3 is 16.2 Å². The van der Waals surface area contributed by atoms with Gasteiger partial charge in [0, 0.05) is 6.20 Å². The lowest BCUT2D eigenvalue weighted by Crippen LogP contribution is -2.10. The first kappa shape index (κ1) is 9.31. The van der Waals surface area contributed by atoms with Crippen LogP contribution in [0.5, 0.6) is 0 Å². The van der Waals surface area contributed by atoms with E-state index < -0.39 is 5.97 Å². The van der Waals surface area contributed by atoms with E-state index in [2.05, 4.69) is 4.98 Å². The van der Waals surface area contributed by atoms with E-state index in [0.29, 0.717) is 6.61 Å². The highest BCUT2D eigenvalue weighted by Gasteiger charge is 2.12. The molecule has 5 heteroatoms. The Hall–Kier alpha value is -1.78. The summed E-state index contributed by atoms with van der Waals surface area (Å²) < 4.78 is 4.75. The van der Waals surface area contributed by atoms with Gasteiger partial charge in [0.25, 0.3) is 0 Å². The van der Waals surface area contributed by atoms with Gasteiger partial charge in [-0.25, -0.2) is 4.79 Å². The molecule has 0 saturated heterocycles. The Bertz CT molecular complexity index is 325. The van der Waals surface area contributed by atoms with Crippen LogP contribution in [0.4, 0.5) is 11.4 Å². The maximum absolute atomic E-state index is 11.2. The zero-order chi connectivity index (χ0) is 9.84. The average molecular weight is 181 g/mol. The van der Waals surface area contributed by atoms with Gasteiger partial charge in [0.15, 0.2) is 0 Å². The third-order valence-corrected chi connectivity index (χ3v) is 1.51. The molecule has 0 unspecified atom stereocenters. The molecule has 1 aromatic rings. The van der Waals surface area contributed by atoms with Crippen molar-refractivity contribution in [3.63, 3.8) is 0 Å². The first-order valence-electron chi connectivity index (χ1n) is 3.83. The van der Waals surface area contributed by atoms with Gasteiger partial charge in [0.1, 0.15) is 5.56 Å². The van der Waals surface area contributed by atoms with E-state index in [0.717, 1.165) is 0 Å². The third-order valence-electron chi connectivity index (χ3n) is 1.51. The van der Waals surface area contributed by atoms with Crippen LogP contribution in [0.15, 0.2) is 12.4 Å². The van der Waals surface area contributed by atoms with Gasteiger partial charge >= 0.3 is 5.97 Å². The van der Waals surface area contributed by atoms with Crippen LogP contribution in [0.2, 0.25) is 0 Å². The van der Waals surface area contributed by atoms with Gasteiger partial charge in [-0.1, -0.05) is 0 Å². The lowest BCUT2D eigenvalue weighted by Gasteiger charge is -2.05. The number of carbonyl (C=O) groups excluding carboxylic acids is 1. The number of nitrogen functional groups attached to an aromatic ring is 2. The highest BCUT2D eigenvalue weighted by atomic mass is 16.5. The largest absolute Gasteiger partial charge is 0.462 e. The standard InChI is InChI=1S/C8H11N3O2/c1-2-13-8(12)5-3-11-4-6(9)7(5)10/h3-4H,2,9H2,1H3,(H2,10,11). The number of pyridine rings is 1. The molecule has 0 radical (unpaired) electrons. The van der Waals surface area contributed by atoms with Gasteiger partial charge in [-0.2, -0.15) is 0 Å². The summed E-state index contributed by atoms with van der Waals surface area (Å²) in [6, 6.07) is 0. The molecule has 0 saturated carbocycles. The predicted octanol–water partition coefficient (Wildman–Crippen LogP) is 0.423. The zero-order valence-electron chi connectivity index (χ0n) is 7.28. The first-order valence-corrected chi connectivity index (χ1v) is 3.83. The van der Waals surface area contributed by atoms with Crippen LogP contribution in [0.25, 0.3) is 0 Å². The lowest BCUT2D eigenvalue weighted by atomic mass is 10.2. The predicted molar refractivity (Wildman–Crippen MR) is 49.0 cm³/mol. The van der Waals surface area contributed by atoms with E-state index in [4.69, 9.17) is 16.2 Å². The van der Waals surface area contributed by atoms with Crippen molar-refractivity contribution in [3.8, 4) is 0 Å². The van der Waals surface area contributed by atoms with Crippen molar-refractivity contribution in [2.45, 2.75) is 6.92 Å². The normalized spacial score (nSPS) is 9.62. The van der Waals surface area contributed by atoms with Crippen LogP contribution in [0.3, 0.4) is 0 Å². The first-order chi connectivity index (χ1) is 6.16. The summed E-state index contributed by atoms with van der Waals surface area (Å²) in [5.41, 5.74) is 11.7. The molecule has 0 spiro atoms. The summed E-state index contributed by atoms with van der Waals surface area (Å²) in [5, 5.41) is 0. The number of nitrogens with zero attached hydrogens (tertiary/aromatic N) is 1. The highest BCUT2D eigenvalue weighted by Crippen LogP contribution is 2.18. The highest BCUT2D eigenvalue weighted by molar-refractivity contribution is 5.97. The van der Waals surface area contributed by atoms with Crippen molar-refractivity contribution in [1.29, 1.82) is 0 Å². The van der Waals surface area contributed by atoms with Crippen LogP contribution in [0.1, 0.15) is 17.3 Å². The second kappa shape index (κ2) is 3.75. The Morgan fingerprint density at radius 1 is 1.54 bits per heavy atom. The molecule has 0 bridgehead atoms. The lowest BCUT2D eigenvalue weighted by molar-refractivity contribution is 0.0527. The summed E-state index contributed by atoms with van der Waals surface area (Å²) >= 11 is 0. The molecule has 1 rings (SSSR count). The second-order valence-electron chi connectivity index (χ2n) is 2.41. The fraction of sp³-hybridized carbons (Fsp3) is 0.250. The molecule has 5 nitrogen and oxygen atoms in total. The molecule has 0 amide bonds. The Labute approximate surface area is 75.7 Å². The number of ether oxygens (including phenoxy) is 1. The molecule has 0 atom stereocenters. The van der Waals surface area contributed by atoms with Crippen LogP contribution in [-0.4, -0.2) is 17.6 Å². The summed E-state index contributed by atoms with van der Waals surface area (Å²) in [7, 11) is 0. The molecule has 1 aromatic heterocycles. The number of hydrogen-bond donors (Lipinski definition) is 2. The smallest absolute Gasteiger partial charge is 0.341 e. The molecule has 0 aliphatic rings. The fourth-order valence-electron chi connectivity index (χ4n) is 0.858. The average Bonchev–Trinajstić information content (AvgIpc) is 2.10. The van der Waals surface area contributed by atoms with E-state index >= 15 is 0 Å². The van der Waals surface area contributed by atoms with Crippen molar-refractivity contribution >= 4 is 17.3 Å². The molecule has 0 aliphatic carbocycles. The Kier molecular flexibility index (Phi) is 2.69. The summed E-state index contributed by atoms with van der Waals surface area (Å²) in [4.78, 5) is 15.0. The molecule has 0 fully saturated rings. The van der Waals surface area contributed by atoms with Crippen molar-refractivity contribution < 1.29 is 9.53 Å². The number of aromatic nitrogens is 1. The molecular formula is C8H11N3O2. The van der Waals surface area contributed by atoms with Crippen molar-refractivity contribution in [2.75, 3.05) is 18.1 Å². The monoisotopic (exact) mass is 181 g/mol. The molecule has 13 heavy (non-hydrogen) atoms. The maximum atomic E-state index is 11.2. The van der Waals surface area contributed by atoms with Crippen LogP contribution >= 0.6 is 0 Å². The minimum atomic E-state index is -0.500. The van der Waals surface area contributed by atoms with Crippen molar-refractivity contribution in [3.05, 3.63) is 18.0 Å². The second-order valence-corrected chi connectivity index (χ2v) is 2.41. The Morgan fingerprint density at radius 3 is 2.85 bits per heavy atom.